The van der Waals surface area contributed by atoms with Crippen molar-refractivity contribution in [1.82, 2.24) is 19.7 Å². The SMILES string of the molecule is CCOc1ccc(-n2c(S[C@@H](C)C(=O)N3c4ccccc4C[C@@H]3C)nnc2-c2c[nH]c3ccccc23)cc1. The smallest absolute Gasteiger partial charge is 0.240 e. The largest absolute Gasteiger partial charge is 0.494 e. The number of carbonyl (C=O) groups is 1. The van der Waals surface area contributed by atoms with Crippen molar-refractivity contribution in [2.75, 3.05) is 11.5 Å². The van der Waals surface area contributed by atoms with Crippen LogP contribution in [0.25, 0.3) is 28.0 Å². The molecular formula is C30H29N5O2S. The van der Waals surface area contributed by atoms with Gasteiger partial charge in [0.25, 0.3) is 0 Å². The first kappa shape index (κ1) is 24.3. The second-order valence-corrected chi connectivity index (χ2v) is 10.8. The van der Waals surface area contributed by atoms with Crippen LogP contribution < -0.4 is 9.64 Å². The van der Waals surface area contributed by atoms with Gasteiger partial charge in [-0.1, -0.05) is 48.2 Å². The molecule has 5 aromatic rings. The lowest BCUT2D eigenvalue weighted by Gasteiger charge is -2.25. The quantitative estimate of drug-likeness (QED) is 0.254. The fourth-order valence-electron chi connectivity index (χ4n) is 5.17. The molecule has 3 heterocycles. The summed E-state index contributed by atoms with van der Waals surface area (Å²) in [6.45, 7) is 6.62. The molecule has 0 saturated heterocycles. The summed E-state index contributed by atoms with van der Waals surface area (Å²) in [5, 5.41) is 10.6. The Balaban J connectivity index is 1.38. The minimum atomic E-state index is -0.356. The monoisotopic (exact) mass is 523 g/mol. The summed E-state index contributed by atoms with van der Waals surface area (Å²) in [5.41, 5.74) is 5.11. The number of amides is 1. The number of nitrogens with zero attached hydrogens (tertiary/aromatic N) is 4. The first-order valence-electron chi connectivity index (χ1n) is 12.9. The number of thioether (sulfide) groups is 1. The second-order valence-electron chi connectivity index (χ2n) is 9.47. The van der Waals surface area contributed by atoms with Crippen LogP contribution in [0.3, 0.4) is 0 Å². The highest BCUT2D eigenvalue weighted by Crippen LogP contribution is 2.37. The van der Waals surface area contributed by atoms with Crippen molar-refractivity contribution in [3.8, 4) is 22.8 Å². The van der Waals surface area contributed by atoms with Crippen LogP contribution in [0, 0.1) is 0 Å². The van der Waals surface area contributed by atoms with E-state index in [9.17, 15) is 4.79 Å². The van der Waals surface area contributed by atoms with Crippen molar-refractivity contribution in [3.05, 3.63) is 84.6 Å². The lowest BCUT2D eigenvalue weighted by atomic mass is 10.1. The zero-order valence-corrected chi connectivity index (χ0v) is 22.4. The number of benzene rings is 3. The molecule has 0 bridgehead atoms. The van der Waals surface area contributed by atoms with Crippen LogP contribution in [0.1, 0.15) is 26.3 Å². The van der Waals surface area contributed by atoms with Gasteiger partial charge in [-0.3, -0.25) is 9.36 Å². The Kier molecular flexibility index (Phi) is 6.41. The average Bonchev–Trinajstić information content (AvgIpc) is 3.63. The number of rotatable bonds is 7. The van der Waals surface area contributed by atoms with Gasteiger partial charge < -0.3 is 14.6 Å². The van der Waals surface area contributed by atoms with Crippen molar-refractivity contribution in [2.24, 2.45) is 0 Å². The first-order valence-corrected chi connectivity index (χ1v) is 13.8. The highest BCUT2D eigenvalue weighted by molar-refractivity contribution is 8.00. The number of carbonyl (C=O) groups excluding carboxylic acids is 1. The van der Waals surface area contributed by atoms with Gasteiger partial charge in [-0.05, 0) is 69.2 Å². The molecule has 38 heavy (non-hydrogen) atoms. The Morgan fingerprint density at radius 2 is 1.84 bits per heavy atom. The van der Waals surface area contributed by atoms with Crippen LogP contribution in [-0.4, -0.2) is 43.6 Å². The second kappa shape index (κ2) is 10.0. The van der Waals surface area contributed by atoms with Crippen molar-refractivity contribution in [1.29, 1.82) is 0 Å². The molecule has 6 rings (SSSR count). The van der Waals surface area contributed by atoms with Crippen LogP contribution in [-0.2, 0) is 11.2 Å². The maximum atomic E-state index is 13.7. The van der Waals surface area contributed by atoms with Gasteiger partial charge >= 0.3 is 0 Å². The zero-order chi connectivity index (χ0) is 26.2. The van der Waals surface area contributed by atoms with E-state index in [0.717, 1.165) is 40.0 Å². The fraction of sp³-hybridized carbons (Fsp3) is 0.233. The van der Waals surface area contributed by atoms with E-state index in [1.54, 1.807) is 0 Å². The molecule has 2 atom stereocenters. The maximum Gasteiger partial charge on any atom is 0.240 e. The molecule has 7 nitrogen and oxygen atoms in total. The van der Waals surface area contributed by atoms with Crippen molar-refractivity contribution in [2.45, 2.75) is 43.6 Å². The highest BCUT2D eigenvalue weighted by Gasteiger charge is 2.34. The molecule has 192 valence electrons. The molecule has 0 unspecified atom stereocenters. The lowest BCUT2D eigenvalue weighted by molar-refractivity contribution is -0.118. The molecule has 0 aliphatic carbocycles. The molecule has 3 aromatic carbocycles. The van der Waals surface area contributed by atoms with E-state index in [2.05, 4.69) is 34.2 Å². The van der Waals surface area contributed by atoms with Gasteiger partial charge in [0.2, 0.25) is 5.91 Å². The third-order valence-corrected chi connectivity index (χ3v) is 7.97. The van der Waals surface area contributed by atoms with Crippen molar-refractivity contribution < 1.29 is 9.53 Å². The van der Waals surface area contributed by atoms with Crippen LogP contribution in [0.15, 0.2) is 84.1 Å². The summed E-state index contributed by atoms with van der Waals surface area (Å²) >= 11 is 1.43. The number of H-pyrrole nitrogens is 1. The lowest BCUT2D eigenvalue weighted by Crippen LogP contribution is -2.40. The minimum Gasteiger partial charge on any atom is -0.494 e. The number of aromatic nitrogens is 4. The topological polar surface area (TPSA) is 76.0 Å². The van der Waals surface area contributed by atoms with Gasteiger partial charge in [0.05, 0.1) is 11.9 Å². The van der Waals surface area contributed by atoms with Gasteiger partial charge in [-0.2, -0.15) is 0 Å². The van der Waals surface area contributed by atoms with Crippen LogP contribution in [0.5, 0.6) is 5.75 Å². The Morgan fingerprint density at radius 3 is 2.66 bits per heavy atom. The number of aromatic amines is 1. The number of nitrogens with one attached hydrogen (secondary N) is 1. The molecule has 1 aliphatic rings. The Labute approximate surface area is 225 Å². The maximum absolute atomic E-state index is 13.7. The summed E-state index contributed by atoms with van der Waals surface area (Å²) in [4.78, 5) is 19.0. The van der Waals surface area contributed by atoms with Gasteiger partial charge in [-0.25, -0.2) is 0 Å². The Morgan fingerprint density at radius 1 is 1.08 bits per heavy atom. The predicted octanol–water partition coefficient (Wildman–Crippen LogP) is 6.27. The molecule has 1 aliphatic heterocycles. The van der Waals surface area contributed by atoms with Crippen molar-refractivity contribution in [3.63, 3.8) is 0 Å². The van der Waals surface area contributed by atoms with E-state index < -0.39 is 0 Å². The summed E-state index contributed by atoms with van der Waals surface area (Å²) in [5.74, 6) is 1.59. The molecule has 0 radical (unpaired) electrons. The van der Waals surface area contributed by atoms with E-state index in [1.807, 2.05) is 90.2 Å². The summed E-state index contributed by atoms with van der Waals surface area (Å²) in [6.07, 6.45) is 2.83. The molecule has 2 aromatic heterocycles. The number of hydrogen-bond donors (Lipinski definition) is 1. The average molecular weight is 524 g/mol. The third kappa shape index (κ3) is 4.24. The molecule has 1 amide bonds. The van der Waals surface area contributed by atoms with Crippen LogP contribution in [0.2, 0.25) is 0 Å². The van der Waals surface area contributed by atoms with E-state index in [1.165, 1.54) is 17.3 Å². The molecular weight excluding hydrogens is 494 g/mol. The van der Waals surface area contributed by atoms with Crippen LogP contribution in [0.4, 0.5) is 5.69 Å². The number of ether oxygens (including phenoxy) is 1. The molecule has 0 fully saturated rings. The zero-order valence-electron chi connectivity index (χ0n) is 21.6. The molecule has 0 spiro atoms. The van der Waals surface area contributed by atoms with E-state index >= 15 is 0 Å². The first-order chi connectivity index (χ1) is 18.5. The minimum absolute atomic E-state index is 0.0716. The third-order valence-electron chi connectivity index (χ3n) is 6.94. The van der Waals surface area contributed by atoms with Crippen LogP contribution >= 0.6 is 11.8 Å². The summed E-state index contributed by atoms with van der Waals surface area (Å²) in [7, 11) is 0. The number of hydrogen-bond acceptors (Lipinski definition) is 5. The molecule has 1 N–H and O–H groups in total. The van der Waals surface area contributed by atoms with E-state index in [-0.39, 0.29) is 17.2 Å². The molecule has 0 saturated carbocycles. The van der Waals surface area contributed by atoms with Gasteiger partial charge in [0, 0.05) is 40.1 Å². The highest BCUT2D eigenvalue weighted by atomic mass is 32.2. The predicted molar refractivity (Wildman–Crippen MR) is 152 cm³/mol. The summed E-state index contributed by atoms with van der Waals surface area (Å²) in [6, 6.07) is 24.3. The van der Waals surface area contributed by atoms with Crippen molar-refractivity contribution >= 4 is 34.3 Å². The molecule has 8 heteroatoms. The Hall–Kier alpha value is -4.04. The van der Waals surface area contributed by atoms with E-state index in [0.29, 0.717) is 17.6 Å². The standard InChI is InChI=1S/C30H29N5O2S/c1-4-37-23-15-13-22(14-16-23)35-28(25-18-31-26-11-7-6-10-24(25)26)32-33-30(35)38-20(3)29(36)34-19(2)17-21-9-5-8-12-27(21)34/h5-16,18-20,31H,4,17H2,1-3H3/t19-,20-/m0/s1. The van der Waals surface area contributed by atoms with Gasteiger partial charge in [0.1, 0.15) is 5.75 Å². The van der Waals surface area contributed by atoms with Gasteiger partial charge in [0.15, 0.2) is 11.0 Å². The van der Waals surface area contributed by atoms with Gasteiger partial charge in [-0.15, -0.1) is 10.2 Å². The fourth-order valence-corrected chi connectivity index (χ4v) is 6.09. The summed E-state index contributed by atoms with van der Waals surface area (Å²) < 4.78 is 7.69. The normalized spacial score (nSPS) is 15.6. The van der Waals surface area contributed by atoms with E-state index in [4.69, 9.17) is 4.74 Å². The number of para-hydroxylation sites is 2. The Bertz CT molecular complexity index is 1610. The number of fused-ring (bicyclic) bond motifs is 2. The number of anilines is 1.